The topological polar surface area (TPSA) is 103 Å². The number of halogens is 3. The number of pyridine rings is 1. The number of imidazole rings is 1. The number of alkyl halides is 1. The molecule has 3 aliphatic rings. The van der Waals surface area contributed by atoms with Crippen LogP contribution in [0.2, 0.25) is 0 Å². The summed E-state index contributed by atoms with van der Waals surface area (Å²) < 4.78 is 49.4. The minimum absolute atomic E-state index is 0.198. The lowest BCUT2D eigenvalue weighted by atomic mass is 10.0. The lowest BCUT2D eigenvalue weighted by Gasteiger charge is -2.43. The zero-order chi connectivity index (χ0) is 39.0. The second kappa shape index (κ2) is 15.5. The highest BCUT2D eigenvalue weighted by Crippen LogP contribution is 2.38. The Labute approximate surface area is 328 Å². The number of amides is 1. The van der Waals surface area contributed by atoms with Gasteiger partial charge in [-0.25, -0.2) is 28.1 Å². The van der Waals surface area contributed by atoms with Gasteiger partial charge in [-0.15, -0.1) is 0 Å². The van der Waals surface area contributed by atoms with Crippen molar-refractivity contribution < 1.29 is 22.7 Å². The maximum absolute atomic E-state index is 14.3. The van der Waals surface area contributed by atoms with Crippen molar-refractivity contribution in [3.05, 3.63) is 115 Å². The Morgan fingerprint density at radius 3 is 2.49 bits per heavy atom. The van der Waals surface area contributed by atoms with E-state index in [1.165, 1.54) is 6.07 Å². The Balaban J connectivity index is 0.931. The number of aromatic nitrogens is 4. The van der Waals surface area contributed by atoms with Gasteiger partial charge in [0.15, 0.2) is 0 Å². The monoisotopic (exact) mass is 773 g/mol. The number of piperazine rings is 1. The van der Waals surface area contributed by atoms with Crippen LogP contribution in [-0.2, 0) is 0 Å². The van der Waals surface area contributed by atoms with E-state index in [-0.39, 0.29) is 12.2 Å². The van der Waals surface area contributed by atoms with Gasteiger partial charge >= 0.3 is 0 Å². The highest BCUT2D eigenvalue weighted by atomic mass is 19.1. The third kappa shape index (κ3) is 7.15. The zero-order valence-electron chi connectivity index (χ0n) is 31.4. The normalized spacial score (nSPS) is 18.7. The molecule has 14 heteroatoms. The quantitative estimate of drug-likeness (QED) is 0.139. The van der Waals surface area contributed by atoms with E-state index in [0.29, 0.717) is 70.3 Å². The lowest BCUT2D eigenvalue weighted by molar-refractivity contribution is 0.0776. The number of ether oxygens (including phenoxy) is 1. The summed E-state index contributed by atoms with van der Waals surface area (Å²) in [5.74, 6) is -1.39. The van der Waals surface area contributed by atoms with Crippen LogP contribution in [0.4, 0.5) is 36.2 Å². The van der Waals surface area contributed by atoms with Gasteiger partial charge in [-0.05, 0) is 73.9 Å². The Bertz CT molecular complexity index is 2420. The van der Waals surface area contributed by atoms with Crippen LogP contribution in [0.5, 0.6) is 5.75 Å². The first kappa shape index (κ1) is 36.6. The maximum atomic E-state index is 14.3. The molecule has 2 bridgehead atoms. The molecule has 3 saturated heterocycles. The number of fused-ring (bicyclic) bond motifs is 3. The van der Waals surface area contributed by atoms with Crippen molar-refractivity contribution in [2.75, 3.05) is 62.0 Å². The van der Waals surface area contributed by atoms with Gasteiger partial charge in [0.25, 0.3) is 5.91 Å². The molecule has 3 aromatic heterocycles. The molecule has 0 radical (unpaired) electrons. The number of nitrogens with one attached hydrogen (secondary N) is 2. The molecule has 6 aromatic rings. The number of likely N-dealkylation sites (tertiary alicyclic amines) is 2. The van der Waals surface area contributed by atoms with E-state index >= 15 is 0 Å². The highest BCUT2D eigenvalue weighted by molar-refractivity contribution is 6.05. The predicted molar refractivity (Wildman–Crippen MR) is 214 cm³/mol. The van der Waals surface area contributed by atoms with E-state index in [9.17, 15) is 18.0 Å². The summed E-state index contributed by atoms with van der Waals surface area (Å²) >= 11 is 0. The predicted octanol–water partition coefficient (Wildman–Crippen LogP) is 7.44. The molecule has 0 unspecified atom stereocenters. The van der Waals surface area contributed by atoms with Gasteiger partial charge < -0.3 is 20.3 Å². The van der Waals surface area contributed by atoms with E-state index in [2.05, 4.69) is 36.4 Å². The third-order valence-corrected chi connectivity index (χ3v) is 11.5. The molecule has 2 atom stereocenters. The summed E-state index contributed by atoms with van der Waals surface area (Å²) in [6, 6.07) is 25.3. The summed E-state index contributed by atoms with van der Waals surface area (Å²) in [5.41, 5.74) is 4.55. The molecule has 6 heterocycles. The average Bonchev–Trinajstić information content (AvgIpc) is 3.96. The number of benzene rings is 3. The van der Waals surface area contributed by atoms with Gasteiger partial charge in [0.05, 0.1) is 29.9 Å². The van der Waals surface area contributed by atoms with Crippen molar-refractivity contribution in [3.8, 4) is 28.4 Å². The molecule has 2 N–H and O–H groups in total. The molecule has 0 saturated carbocycles. The lowest BCUT2D eigenvalue weighted by Crippen LogP contribution is -2.53. The summed E-state index contributed by atoms with van der Waals surface area (Å²) in [6.45, 7) is 4.24. The van der Waals surface area contributed by atoms with Crippen LogP contribution in [0.1, 0.15) is 29.6 Å². The molecule has 0 aliphatic carbocycles. The number of carbonyl (C=O) groups is 1. The molecule has 1 amide bonds. The molecule has 3 aliphatic heterocycles. The van der Waals surface area contributed by atoms with Gasteiger partial charge in [0.1, 0.15) is 35.4 Å². The van der Waals surface area contributed by atoms with E-state index in [4.69, 9.17) is 14.7 Å². The van der Waals surface area contributed by atoms with Crippen molar-refractivity contribution in [1.29, 1.82) is 0 Å². The first-order valence-electron chi connectivity index (χ1n) is 19.3. The van der Waals surface area contributed by atoms with Crippen molar-refractivity contribution in [1.82, 2.24) is 29.2 Å². The van der Waals surface area contributed by atoms with Gasteiger partial charge in [0, 0.05) is 86.1 Å². The van der Waals surface area contributed by atoms with Crippen LogP contribution >= 0.6 is 0 Å². The Hall–Kier alpha value is -5.99. The minimum atomic E-state index is -0.867. The standard InChI is InChI=1S/C43H42F3N9O2/c1-57-37-24-30(52-19-14-29(15-20-52)55-26-31-23-32(55)25-53(31)21-16-44)11-12-35(37)48-43-47-17-13-36(49-43)41-39(50-38-10-2-3-18-54(38)41)27-6-4-7-28(22-27)42(56)51-40-33(45)8-5-9-34(40)46/h2-13,17-18,22,24,29,31-32H,14-16,19-21,23,25-26H2,1H3,(H,51,56)(H,47,48,49)/t31-,32-/m1/s1. The first-order chi connectivity index (χ1) is 27.9. The molecule has 0 spiro atoms. The number of anilines is 4. The van der Waals surface area contributed by atoms with Gasteiger partial charge in [-0.2, -0.15) is 0 Å². The number of nitrogens with zero attached hydrogens (tertiary/aromatic N) is 7. The number of para-hydroxylation sites is 1. The number of rotatable bonds is 11. The molecule has 3 aromatic carbocycles. The maximum Gasteiger partial charge on any atom is 0.255 e. The van der Waals surface area contributed by atoms with E-state index in [1.54, 1.807) is 37.6 Å². The molecule has 11 nitrogen and oxygen atoms in total. The highest BCUT2D eigenvalue weighted by Gasteiger charge is 2.45. The van der Waals surface area contributed by atoms with Crippen LogP contribution < -0.4 is 20.3 Å². The molecule has 57 heavy (non-hydrogen) atoms. The summed E-state index contributed by atoms with van der Waals surface area (Å²) in [5, 5.41) is 5.71. The summed E-state index contributed by atoms with van der Waals surface area (Å²) in [7, 11) is 1.65. The van der Waals surface area contributed by atoms with Gasteiger partial charge in [-0.1, -0.05) is 24.3 Å². The largest absolute Gasteiger partial charge is 0.494 e. The van der Waals surface area contributed by atoms with Crippen molar-refractivity contribution in [3.63, 3.8) is 0 Å². The fourth-order valence-electron chi connectivity index (χ4n) is 8.77. The number of carbonyl (C=O) groups excluding carboxylic acids is 1. The van der Waals surface area contributed by atoms with Gasteiger partial charge in [-0.3, -0.25) is 19.0 Å². The SMILES string of the molecule is COc1cc(N2CCC(N3C[C@H]4C[C@@H]3CN4CCF)CC2)ccc1Nc1nccc(-c2c(-c3cccc(C(=O)Nc4c(F)cccc4F)c3)nc3ccccn23)n1. The second-order valence-electron chi connectivity index (χ2n) is 14.8. The Kier molecular flexibility index (Phi) is 9.97. The smallest absolute Gasteiger partial charge is 0.255 e. The van der Waals surface area contributed by atoms with Crippen molar-refractivity contribution >= 4 is 34.6 Å². The van der Waals surface area contributed by atoms with Gasteiger partial charge in [0.2, 0.25) is 5.95 Å². The van der Waals surface area contributed by atoms with Crippen LogP contribution in [0.25, 0.3) is 28.3 Å². The second-order valence-corrected chi connectivity index (χ2v) is 14.8. The molecule has 3 fully saturated rings. The summed E-state index contributed by atoms with van der Waals surface area (Å²) in [6.07, 6.45) is 6.89. The minimum Gasteiger partial charge on any atom is -0.494 e. The van der Waals surface area contributed by atoms with Crippen LogP contribution in [-0.4, -0.2) is 99.7 Å². The van der Waals surface area contributed by atoms with E-state index < -0.39 is 23.2 Å². The fourth-order valence-corrected chi connectivity index (χ4v) is 8.77. The van der Waals surface area contributed by atoms with E-state index in [0.717, 1.165) is 63.3 Å². The van der Waals surface area contributed by atoms with Crippen molar-refractivity contribution in [2.45, 2.75) is 37.4 Å². The number of hydrogen-bond acceptors (Lipinski definition) is 9. The fraction of sp³-hybridized carbons (Fsp3) is 0.302. The third-order valence-electron chi connectivity index (χ3n) is 11.5. The van der Waals surface area contributed by atoms with Crippen molar-refractivity contribution in [2.24, 2.45) is 0 Å². The van der Waals surface area contributed by atoms with Crippen LogP contribution in [0, 0.1) is 11.6 Å². The summed E-state index contributed by atoms with van der Waals surface area (Å²) in [4.78, 5) is 34.9. The average molecular weight is 774 g/mol. The van der Waals surface area contributed by atoms with E-state index in [1.807, 2.05) is 47.0 Å². The Morgan fingerprint density at radius 2 is 1.72 bits per heavy atom. The molecular formula is C43H42F3N9O2. The number of hydrogen-bond donors (Lipinski definition) is 2. The first-order valence-corrected chi connectivity index (χ1v) is 19.3. The zero-order valence-corrected chi connectivity index (χ0v) is 31.4. The molecule has 292 valence electrons. The number of methoxy groups -OCH3 is 1. The molecule has 9 rings (SSSR count). The van der Waals surface area contributed by atoms with Crippen LogP contribution in [0.3, 0.4) is 0 Å². The number of piperidine rings is 1. The Morgan fingerprint density at radius 1 is 0.895 bits per heavy atom. The molecular weight excluding hydrogens is 732 g/mol. The van der Waals surface area contributed by atoms with Crippen LogP contribution in [0.15, 0.2) is 97.3 Å².